The fraction of sp³-hybridized carbons (Fsp3) is 0.0435. The molecule has 0 bridgehead atoms. The number of benzene rings is 3. The van der Waals surface area contributed by atoms with Crippen LogP contribution in [0.25, 0.3) is 17.2 Å². The summed E-state index contributed by atoms with van der Waals surface area (Å²) >= 11 is 0.995. The van der Waals surface area contributed by atoms with Crippen molar-refractivity contribution in [2.24, 2.45) is 0 Å². The summed E-state index contributed by atoms with van der Waals surface area (Å²) in [5, 5.41) is -0.226. The Labute approximate surface area is 162 Å². The van der Waals surface area contributed by atoms with E-state index in [-0.39, 0.29) is 11.1 Å². The zero-order valence-corrected chi connectivity index (χ0v) is 15.4. The van der Waals surface area contributed by atoms with E-state index in [0.717, 1.165) is 34.0 Å². The number of amides is 2. The Morgan fingerprint density at radius 2 is 1.33 bits per heavy atom. The summed E-state index contributed by atoms with van der Waals surface area (Å²) in [5.41, 5.74) is 4.10. The molecule has 132 valence electrons. The molecular weight excluding hydrogens is 354 g/mol. The van der Waals surface area contributed by atoms with Crippen molar-refractivity contribution in [3.8, 4) is 11.1 Å². The van der Waals surface area contributed by atoms with Gasteiger partial charge in [0.15, 0.2) is 0 Å². The van der Waals surface area contributed by atoms with Gasteiger partial charge in [0.05, 0.1) is 11.4 Å². The lowest BCUT2D eigenvalue weighted by molar-refractivity contribution is -0.123. The SMILES string of the molecule is O=C1SC(=Cc2ccc(-c3ccccc3)cc2)C(=O)N1Cc1ccccc1. The van der Waals surface area contributed by atoms with Crippen LogP contribution in [-0.2, 0) is 11.3 Å². The maximum Gasteiger partial charge on any atom is 0.293 e. The minimum absolute atomic E-state index is 0.226. The van der Waals surface area contributed by atoms with Gasteiger partial charge in [-0.15, -0.1) is 0 Å². The third kappa shape index (κ3) is 3.86. The van der Waals surface area contributed by atoms with Gasteiger partial charge in [-0.25, -0.2) is 0 Å². The van der Waals surface area contributed by atoms with E-state index in [9.17, 15) is 9.59 Å². The highest BCUT2D eigenvalue weighted by Crippen LogP contribution is 2.33. The molecule has 0 atom stereocenters. The minimum Gasteiger partial charge on any atom is -0.268 e. The molecule has 0 aliphatic carbocycles. The quantitative estimate of drug-likeness (QED) is 0.561. The number of rotatable bonds is 4. The van der Waals surface area contributed by atoms with E-state index in [1.54, 1.807) is 6.08 Å². The highest BCUT2D eigenvalue weighted by Gasteiger charge is 2.34. The number of carbonyl (C=O) groups excluding carboxylic acids is 2. The number of imide groups is 1. The zero-order valence-electron chi connectivity index (χ0n) is 14.5. The third-order valence-corrected chi connectivity index (χ3v) is 5.28. The Hall–Kier alpha value is -3.11. The minimum atomic E-state index is -0.235. The number of carbonyl (C=O) groups is 2. The predicted molar refractivity (Wildman–Crippen MR) is 110 cm³/mol. The van der Waals surface area contributed by atoms with Gasteiger partial charge in [-0.3, -0.25) is 14.5 Å². The monoisotopic (exact) mass is 371 g/mol. The maximum atomic E-state index is 12.6. The van der Waals surface area contributed by atoms with Crippen molar-refractivity contribution in [1.82, 2.24) is 4.90 Å². The van der Waals surface area contributed by atoms with Crippen LogP contribution in [0.2, 0.25) is 0 Å². The highest BCUT2D eigenvalue weighted by molar-refractivity contribution is 8.18. The first kappa shape index (κ1) is 17.3. The maximum absolute atomic E-state index is 12.6. The molecule has 27 heavy (non-hydrogen) atoms. The zero-order chi connectivity index (χ0) is 18.6. The number of hydrogen-bond donors (Lipinski definition) is 0. The molecule has 3 aromatic rings. The molecule has 0 radical (unpaired) electrons. The Morgan fingerprint density at radius 1 is 0.741 bits per heavy atom. The van der Waals surface area contributed by atoms with Crippen LogP contribution in [0, 0.1) is 0 Å². The lowest BCUT2D eigenvalue weighted by Crippen LogP contribution is -2.27. The molecule has 4 heteroatoms. The van der Waals surface area contributed by atoms with Gasteiger partial charge in [0.25, 0.3) is 11.1 Å². The number of thioether (sulfide) groups is 1. The smallest absolute Gasteiger partial charge is 0.268 e. The van der Waals surface area contributed by atoms with Crippen LogP contribution in [0.5, 0.6) is 0 Å². The fourth-order valence-corrected chi connectivity index (χ4v) is 3.79. The van der Waals surface area contributed by atoms with E-state index in [2.05, 4.69) is 12.1 Å². The summed E-state index contributed by atoms with van der Waals surface area (Å²) in [6.07, 6.45) is 1.78. The lowest BCUT2D eigenvalue weighted by Gasteiger charge is -2.12. The first-order chi connectivity index (χ1) is 13.2. The second-order valence-electron chi connectivity index (χ2n) is 6.24. The first-order valence-corrected chi connectivity index (χ1v) is 9.47. The summed E-state index contributed by atoms with van der Waals surface area (Å²) < 4.78 is 0. The number of nitrogens with zero attached hydrogens (tertiary/aromatic N) is 1. The second-order valence-corrected chi connectivity index (χ2v) is 7.23. The van der Waals surface area contributed by atoms with Gasteiger partial charge in [0.2, 0.25) is 0 Å². The Kier molecular flexibility index (Phi) is 4.90. The highest BCUT2D eigenvalue weighted by atomic mass is 32.2. The van der Waals surface area contributed by atoms with Crippen molar-refractivity contribution in [3.63, 3.8) is 0 Å². The van der Waals surface area contributed by atoms with Crippen LogP contribution in [0.15, 0.2) is 89.8 Å². The molecule has 1 saturated heterocycles. The summed E-state index contributed by atoms with van der Waals surface area (Å²) in [6.45, 7) is 0.301. The van der Waals surface area contributed by atoms with Gasteiger partial charge in [-0.2, -0.15) is 0 Å². The van der Waals surface area contributed by atoms with E-state index < -0.39 is 0 Å². The molecule has 1 aliphatic heterocycles. The summed E-state index contributed by atoms with van der Waals surface area (Å²) in [5.74, 6) is -0.235. The van der Waals surface area contributed by atoms with Crippen LogP contribution in [-0.4, -0.2) is 16.0 Å². The Bertz CT molecular complexity index is 996. The lowest BCUT2D eigenvalue weighted by atomic mass is 10.0. The largest absolute Gasteiger partial charge is 0.293 e. The van der Waals surface area contributed by atoms with E-state index in [1.807, 2.05) is 72.8 Å². The van der Waals surface area contributed by atoms with Gasteiger partial charge in [0, 0.05) is 0 Å². The fourth-order valence-electron chi connectivity index (χ4n) is 2.96. The van der Waals surface area contributed by atoms with E-state index in [4.69, 9.17) is 0 Å². The van der Waals surface area contributed by atoms with Crippen molar-refractivity contribution in [3.05, 3.63) is 101 Å². The molecule has 0 spiro atoms. The molecule has 3 nitrogen and oxygen atoms in total. The van der Waals surface area contributed by atoms with E-state index >= 15 is 0 Å². The van der Waals surface area contributed by atoms with Gasteiger partial charge >= 0.3 is 0 Å². The van der Waals surface area contributed by atoms with Gasteiger partial charge in [0.1, 0.15) is 0 Å². The Balaban J connectivity index is 1.52. The molecule has 0 unspecified atom stereocenters. The molecule has 0 aromatic heterocycles. The van der Waals surface area contributed by atoms with Crippen LogP contribution in [0.3, 0.4) is 0 Å². The third-order valence-electron chi connectivity index (χ3n) is 4.37. The van der Waals surface area contributed by atoms with Crippen LogP contribution in [0.1, 0.15) is 11.1 Å². The van der Waals surface area contributed by atoms with Crippen molar-refractivity contribution >= 4 is 29.0 Å². The van der Waals surface area contributed by atoms with E-state index in [0.29, 0.717) is 11.4 Å². The molecule has 1 heterocycles. The summed E-state index contributed by atoms with van der Waals surface area (Å²) in [6, 6.07) is 27.6. The predicted octanol–water partition coefficient (Wildman–Crippen LogP) is 5.59. The van der Waals surface area contributed by atoms with Gasteiger partial charge < -0.3 is 0 Å². The van der Waals surface area contributed by atoms with Crippen molar-refractivity contribution < 1.29 is 9.59 Å². The van der Waals surface area contributed by atoms with Gasteiger partial charge in [-0.05, 0) is 40.1 Å². The van der Waals surface area contributed by atoms with Crippen LogP contribution < -0.4 is 0 Å². The number of hydrogen-bond acceptors (Lipinski definition) is 3. The van der Waals surface area contributed by atoms with Gasteiger partial charge in [-0.1, -0.05) is 84.9 Å². The summed E-state index contributed by atoms with van der Waals surface area (Å²) in [7, 11) is 0. The summed E-state index contributed by atoms with van der Waals surface area (Å²) in [4.78, 5) is 26.6. The average Bonchev–Trinajstić information content (AvgIpc) is 2.97. The molecular formula is C23H17NO2S. The van der Waals surface area contributed by atoms with Crippen molar-refractivity contribution in [2.75, 3.05) is 0 Å². The molecule has 2 amide bonds. The van der Waals surface area contributed by atoms with Crippen LogP contribution in [0.4, 0.5) is 4.79 Å². The average molecular weight is 371 g/mol. The first-order valence-electron chi connectivity index (χ1n) is 8.65. The van der Waals surface area contributed by atoms with Crippen LogP contribution >= 0.6 is 11.8 Å². The second kappa shape index (κ2) is 7.64. The molecule has 1 aliphatic rings. The molecule has 0 N–H and O–H groups in total. The van der Waals surface area contributed by atoms with E-state index in [1.165, 1.54) is 4.90 Å². The molecule has 3 aromatic carbocycles. The molecule has 4 rings (SSSR count). The molecule has 0 saturated carbocycles. The van der Waals surface area contributed by atoms with Crippen molar-refractivity contribution in [1.29, 1.82) is 0 Å². The molecule has 1 fully saturated rings. The standard InChI is InChI=1S/C23H17NO2S/c25-22-21(27-23(26)24(22)16-18-7-3-1-4-8-18)15-17-11-13-20(14-12-17)19-9-5-2-6-10-19/h1-15H,16H2. The topological polar surface area (TPSA) is 37.4 Å². The normalized spacial score (nSPS) is 15.6. The Morgan fingerprint density at radius 3 is 2.00 bits per heavy atom. The van der Waals surface area contributed by atoms with Crippen molar-refractivity contribution in [2.45, 2.75) is 6.54 Å².